The van der Waals surface area contributed by atoms with Crippen molar-refractivity contribution in [1.29, 1.82) is 0 Å². The van der Waals surface area contributed by atoms with Crippen molar-refractivity contribution in [2.75, 3.05) is 6.54 Å². The van der Waals surface area contributed by atoms with Crippen LogP contribution in [-0.4, -0.2) is 12.8 Å². The summed E-state index contributed by atoms with van der Waals surface area (Å²) in [7, 11) is 0. The van der Waals surface area contributed by atoms with Gasteiger partial charge in [0, 0.05) is 5.70 Å². The Morgan fingerprint density at radius 1 is 1.50 bits per heavy atom. The fraction of sp³-hybridized carbons (Fsp3) is 0.625. The van der Waals surface area contributed by atoms with Crippen molar-refractivity contribution >= 4 is 6.29 Å². The topological polar surface area (TPSA) is 29.1 Å². The van der Waals surface area contributed by atoms with Crippen LogP contribution in [0.4, 0.5) is 0 Å². The summed E-state index contributed by atoms with van der Waals surface area (Å²) in [5.74, 6) is 0. The highest BCUT2D eigenvalue weighted by molar-refractivity contribution is 5.52. The van der Waals surface area contributed by atoms with Gasteiger partial charge in [-0.15, -0.1) is 0 Å². The largest absolute Gasteiger partial charge is 0.382 e. The molecule has 0 aliphatic heterocycles. The zero-order valence-corrected chi connectivity index (χ0v) is 6.68. The molecule has 0 bridgehead atoms. The van der Waals surface area contributed by atoms with Crippen LogP contribution in [0.2, 0.25) is 0 Å². The second-order valence-corrected chi connectivity index (χ2v) is 2.04. The third-order valence-electron chi connectivity index (χ3n) is 1.24. The van der Waals surface area contributed by atoms with Crippen LogP contribution >= 0.6 is 0 Å². The average molecular weight is 141 g/mol. The lowest BCUT2D eigenvalue weighted by Crippen LogP contribution is -2.14. The van der Waals surface area contributed by atoms with Crippen LogP contribution in [0.3, 0.4) is 0 Å². The minimum Gasteiger partial charge on any atom is -0.382 e. The van der Waals surface area contributed by atoms with Crippen molar-refractivity contribution in [2.45, 2.75) is 26.7 Å². The molecule has 0 rings (SSSR count). The van der Waals surface area contributed by atoms with Gasteiger partial charge in [0.2, 0.25) is 0 Å². The average Bonchev–Trinajstić information content (AvgIpc) is 1.98. The first-order valence-corrected chi connectivity index (χ1v) is 3.71. The van der Waals surface area contributed by atoms with E-state index in [1.807, 2.05) is 0 Å². The lowest BCUT2D eigenvalue weighted by Gasteiger charge is -2.03. The highest BCUT2D eigenvalue weighted by atomic mass is 16.1. The molecule has 0 heterocycles. The highest BCUT2D eigenvalue weighted by Crippen LogP contribution is 1.95. The Morgan fingerprint density at radius 3 is 2.60 bits per heavy atom. The number of nitrogens with one attached hydrogen (secondary N) is 1. The fourth-order valence-electron chi connectivity index (χ4n) is 0.761. The molecule has 0 spiro atoms. The summed E-state index contributed by atoms with van der Waals surface area (Å²) in [6, 6.07) is 0. The van der Waals surface area contributed by atoms with E-state index in [2.05, 4.69) is 25.2 Å². The van der Waals surface area contributed by atoms with Crippen LogP contribution in [0.1, 0.15) is 26.7 Å². The van der Waals surface area contributed by atoms with E-state index in [9.17, 15) is 4.79 Å². The smallest absolute Gasteiger partial charge is 0.139 e. The van der Waals surface area contributed by atoms with Gasteiger partial charge in [-0.2, -0.15) is 0 Å². The molecular formula is C8H15NO. The van der Waals surface area contributed by atoms with Crippen LogP contribution in [-0.2, 0) is 4.79 Å². The Bertz CT molecular complexity index is 118. The first kappa shape index (κ1) is 9.21. The Morgan fingerprint density at radius 2 is 2.20 bits per heavy atom. The van der Waals surface area contributed by atoms with Crippen LogP contribution in [0, 0.1) is 0 Å². The normalized spacial score (nSPS) is 11.2. The van der Waals surface area contributed by atoms with Crippen LogP contribution < -0.4 is 5.32 Å². The summed E-state index contributed by atoms with van der Waals surface area (Å²) >= 11 is 0. The van der Waals surface area contributed by atoms with Gasteiger partial charge in [0.05, 0.1) is 6.54 Å². The molecule has 0 atom stereocenters. The molecule has 0 fully saturated rings. The van der Waals surface area contributed by atoms with Crippen molar-refractivity contribution in [3.05, 3.63) is 11.8 Å². The molecule has 58 valence electrons. The molecule has 0 unspecified atom stereocenters. The number of aldehydes is 1. The van der Waals surface area contributed by atoms with Crippen molar-refractivity contribution in [1.82, 2.24) is 5.32 Å². The number of hydrogen-bond donors (Lipinski definition) is 1. The monoisotopic (exact) mass is 141 g/mol. The Kier molecular flexibility index (Phi) is 5.83. The molecule has 2 nitrogen and oxygen atoms in total. The van der Waals surface area contributed by atoms with Gasteiger partial charge in [0.15, 0.2) is 0 Å². The molecule has 2 heteroatoms. The van der Waals surface area contributed by atoms with E-state index in [4.69, 9.17) is 0 Å². The SMILES string of the molecule is CC/C=C(/CC)NCC=O. The van der Waals surface area contributed by atoms with Crippen LogP contribution in [0.5, 0.6) is 0 Å². The zero-order valence-electron chi connectivity index (χ0n) is 6.68. The maximum atomic E-state index is 9.94. The van der Waals surface area contributed by atoms with Crippen molar-refractivity contribution in [3.63, 3.8) is 0 Å². The molecular weight excluding hydrogens is 126 g/mol. The van der Waals surface area contributed by atoms with Gasteiger partial charge < -0.3 is 10.1 Å². The molecule has 0 aliphatic carbocycles. The predicted molar refractivity (Wildman–Crippen MR) is 42.7 cm³/mol. The lowest BCUT2D eigenvalue weighted by atomic mass is 10.3. The number of hydrogen-bond acceptors (Lipinski definition) is 2. The van der Waals surface area contributed by atoms with Crippen LogP contribution in [0.25, 0.3) is 0 Å². The lowest BCUT2D eigenvalue weighted by molar-refractivity contribution is -0.107. The standard InChI is InChI=1S/C8H15NO/c1-3-5-8(4-2)9-6-7-10/h5,7,9H,3-4,6H2,1-2H3/b8-5-. The molecule has 0 aromatic rings. The second kappa shape index (κ2) is 6.33. The minimum atomic E-state index is 0.430. The fourth-order valence-corrected chi connectivity index (χ4v) is 0.761. The summed E-state index contributed by atoms with van der Waals surface area (Å²) in [4.78, 5) is 9.94. The molecule has 0 radical (unpaired) electrons. The van der Waals surface area contributed by atoms with Gasteiger partial charge >= 0.3 is 0 Å². The van der Waals surface area contributed by atoms with E-state index >= 15 is 0 Å². The number of rotatable bonds is 5. The Hall–Kier alpha value is -0.790. The van der Waals surface area contributed by atoms with E-state index < -0.39 is 0 Å². The van der Waals surface area contributed by atoms with Gasteiger partial charge in [0.25, 0.3) is 0 Å². The molecule has 0 aromatic heterocycles. The zero-order chi connectivity index (χ0) is 7.82. The summed E-state index contributed by atoms with van der Waals surface area (Å²) in [6.45, 7) is 4.58. The molecule has 0 aromatic carbocycles. The maximum absolute atomic E-state index is 9.94. The number of carbonyl (C=O) groups excluding carboxylic acids is 1. The third-order valence-corrected chi connectivity index (χ3v) is 1.24. The van der Waals surface area contributed by atoms with Crippen LogP contribution in [0.15, 0.2) is 11.8 Å². The van der Waals surface area contributed by atoms with Gasteiger partial charge in [-0.3, -0.25) is 0 Å². The van der Waals surface area contributed by atoms with Crippen molar-refractivity contribution < 1.29 is 4.79 Å². The van der Waals surface area contributed by atoms with Gasteiger partial charge in [-0.05, 0) is 12.8 Å². The van der Waals surface area contributed by atoms with Gasteiger partial charge in [0.1, 0.15) is 6.29 Å². The molecule has 1 N–H and O–H groups in total. The molecule has 0 saturated carbocycles. The summed E-state index contributed by atoms with van der Waals surface area (Å²) in [5, 5.41) is 3.01. The maximum Gasteiger partial charge on any atom is 0.139 e. The summed E-state index contributed by atoms with van der Waals surface area (Å²) in [5.41, 5.74) is 1.16. The molecule has 10 heavy (non-hydrogen) atoms. The highest BCUT2D eigenvalue weighted by Gasteiger charge is 1.88. The summed E-state index contributed by atoms with van der Waals surface area (Å²) in [6.07, 6.45) is 4.97. The number of allylic oxidation sites excluding steroid dienone is 2. The van der Waals surface area contributed by atoms with E-state index in [0.717, 1.165) is 24.8 Å². The third kappa shape index (κ3) is 4.13. The van der Waals surface area contributed by atoms with Crippen molar-refractivity contribution in [3.8, 4) is 0 Å². The Balaban J connectivity index is 3.59. The van der Waals surface area contributed by atoms with E-state index in [1.54, 1.807) is 0 Å². The quantitative estimate of drug-likeness (QED) is 0.587. The van der Waals surface area contributed by atoms with Crippen molar-refractivity contribution in [2.24, 2.45) is 0 Å². The molecule has 0 amide bonds. The Labute approximate surface area is 62.3 Å². The second-order valence-electron chi connectivity index (χ2n) is 2.04. The van der Waals surface area contributed by atoms with E-state index in [-0.39, 0.29) is 0 Å². The minimum absolute atomic E-state index is 0.430. The first-order chi connectivity index (χ1) is 4.85. The van der Waals surface area contributed by atoms with Gasteiger partial charge in [-0.25, -0.2) is 0 Å². The summed E-state index contributed by atoms with van der Waals surface area (Å²) < 4.78 is 0. The van der Waals surface area contributed by atoms with E-state index in [1.165, 1.54) is 0 Å². The number of carbonyl (C=O) groups is 1. The van der Waals surface area contributed by atoms with E-state index in [0.29, 0.717) is 6.54 Å². The first-order valence-electron chi connectivity index (χ1n) is 3.71. The molecule has 0 aliphatic rings. The predicted octanol–water partition coefficient (Wildman–Crippen LogP) is 1.48. The molecule has 0 saturated heterocycles. The van der Waals surface area contributed by atoms with Gasteiger partial charge in [-0.1, -0.05) is 19.9 Å².